The van der Waals surface area contributed by atoms with E-state index in [2.05, 4.69) is 46.9 Å². The number of hydrogen-bond acceptors (Lipinski definition) is 12. The minimum absolute atomic E-state index is 0. The van der Waals surface area contributed by atoms with Crippen LogP contribution in [0.15, 0.2) is 36.7 Å². The van der Waals surface area contributed by atoms with Crippen LogP contribution in [0.1, 0.15) is 23.6 Å². The van der Waals surface area contributed by atoms with Crippen LogP contribution in [0.5, 0.6) is 5.75 Å². The number of nitrogens with one attached hydrogen (secondary N) is 2. The number of hydrogen-bond donors (Lipinski definition) is 4. The Balaban J connectivity index is 0.00000253. The summed E-state index contributed by atoms with van der Waals surface area (Å²) < 4.78 is 41.6. The zero-order valence-electron chi connectivity index (χ0n) is 26.3. The SMILES string of the molecule is C[C@H]1COCCN1c1ccc(Nc2ncc(F)c(Nc3ccc4c(n3)N(COP(=O)(O)O)C(=O)C(C)(C)O4)n2)cn1.[H-].[H-].[Na+].[Na+]. The molecule has 0 saturated carbocycles. The molecule has 19 heteroatoms. The Hall–Kier alpha value is -1.95. The first-order chi connectivity index (χ1) is 19.4. The van der Waals surface area contributed by atoms with Crippen LogP contribution in [0, 0.1) is 5.82 Å². The van der Waals surface area contributed by atoms with E-state index in [-0.39, 0.29) is 97.2 Å². The normalized spacial score (nSPS) is 17.6. The fourth-order valence-electron chi connectivity index (χ4n) is 4.23. The molecular weight excluding hydrogens is 608 g/mol. The second kappa shape index (κ2) is 14.4. The average molecular weight is 639 g/mol. The summed E-state index contributed by atoms with van der Waals surface area (Å²) in [4.78, 5) is 51.2. The van der Waals surface area contributed by atoms with Crippen LogP contribution in [-0.4, -0.2) is 73.8 Å². The second-order valence-electron chi connectivity index (χ2n) is 9.78. The third-order valence-corrected chi connectivity index (χ3v) is 6.68. The molecule has 0 bridgehead atoms. The van der Waals surface area contributed by atoms with Gasteiger partial charge in [0.2, 0.25) is 5.95 Å². The number of pyridine rings is 2. The van der Waals surface area contributed by atoms with E-state index >= 15 is 0 Å². The monoisotopic (exact) mass is 638 g/mol. The van der Waals surface area contributed by atoms with Crippen molar-refractivity contribution in [3.05, 3.63) is 42.5 Å². The van der Waals surface area contributed by atoms with Crippen molar-refractivity contribution in [2.24, 2.45) is 0 Å². The number of carbonyl (C=O) groups excluding carboxylic acids is 1. The van der Waals surface area contributed by atoms with Crippen molar-refractivity contribution in [1.82, 2.24) is 19.9 Å². The molecule has 0 unspecified atom stereocenters. The van der Waals surface area contributed by atoms with Gasteiger partial charge in [0.1, 0.15) is 18.4 Å². The summed E-state index contributed by atoms with van der Waals surface area (Å²) in [5.41, 5.74) is -0.771. The Morgan fingerprint density at radius 2 is 1.93 bits per heavy atom. The molecule has 5 rings (SSSR count). The molecule has 1 saturated heterocycles. The molecule has 0 aromatic carbocycles. The predicted molar refractivity (Wildman–Crippen MR) is 147 cm³/mol. The molecule has 222 valence electrons. The van der Waals surface area contributed by atoms with Gasteiger partial charge in [0.05, 0.1) is 37.3 Å². The number of amides is 1. The van der Waals surface area contributed by atoms with Gasteiger partial charge in [-0.05, 0) is 45.0 Å². The van der Waals surface area contributed by atoms with E-state index in [9.17, 15) is 13.8 Å². The van der Waals surface area contributed by atoms with Gasteiger partial charge in [-0.15, -0.1) is 0 Å². The van der Waals surface area contributed by atoms with Crippen molar-refractivity contribution in [3.63, 3.8) is 0 Å². The van der Waals surface area contributed by atoms with Gasteiger partial charge in [0.15, 0.2) is 28.8 Å². The maximum absolute atomic E-state index is 14.7. The molecule has 1 fully saturated rings. The van der Waals surface area contributed by atoms with Gasteiger partial charge in [-0.3, -0.25) is 14.2 Å². The summed E-state index contributed by atoms with van der Waals surface area (Å²) in [6, 6.07) is 6.81. The Labute approximate surface area is 293 Å². The van der Waals surface area contributed by atoms with Gasteiger partial charge < -0.3 is 37.6 Å². The van der Waals surface area contributed by atoms with Crippen LogP contribution in [0.2, 0.25) is 0 Å². The molecule has 0 spiro atoms. The van der Waals surface area contributed by atoms with Gasteiger partial charge in [0.25, 0.3) is 5.91 Å². The average Bonchev–Trinajstić information content (AvgIpc) is 2.91. The third kappa shape index (κ3) is 8.61. The molecule has 43 heavy (non-hydrogen) atoms. The van der Waals surface area contributed by atoms with E-state index in [0.29, 0.717) is 18.9 Å². The topological polar surface area (TPSA) is 184 Å². The number of aromatic nitrogens is 4. The maximum atomic E-state index is 14.7. The van der Waals surface area contributed by atoms with Gasteiger partial charge >= 0.3 is 66.9 Å². The Morgan fingerprint density at radius 3 is 2.60 bits per heavy atom. The molecule has 0 radical (unpaired) electrons. The maximum Gasteiger partial charge on any atom is 1.00 e. The van der Waals surface area contributed by atoms with Crippen molar-refractivity contribution in [3.8, 4) is 5.75 Å². The van der Waals surface area contributed by atoms with E-state index in [0.717, 1.165) is 23.5 Å². The van der Waals surface area contributed by atoms with Gasteiger partial charge in [-0.2, -0.15) is 4.98 Å². The quantitative estimate of drug-likeness (QED) is 0.144. The van der Waals surface area contributed by atoms with Crippen LogP contribution in [-0.2, 0) is 18.6 Å². The summed E-state index contributed by atoms with van der Waals surface area (Å²) in [7, 11) is -4.90. The van der Waals surface area contributed by atoms with Gasteiger partial charge in [-0.25, -0.2) is 23.9 Å². The molecule has 2 aliphatic rings. The number of fused-ring (bicyclic) bond motifs is 1. The van der Waals surface area contributed by atoms with Gasteiger partial charge in [-0.1, -0.05) is 0 Å². The largest absolute Gasteiger partial charge is 1.00 e. The molecule has 3 aromatic rings. The second-order valence-corrected chi connectivity index (χ2v) is 11.0. The standard InChI is InChI=1S/C24H28FN8O7P.2Na.2H/c1-14-12-38-9-8-32(14)19-7-4-15(10-26-19)28-23-27-11-16(25)20(31-23)29-18-6-5-17-21(30-18)33(13-39-41(35,36)37)22(34)24(2,3)40-17;;;;/h4-7,10-11,14H,8-9,12-13H2,1-3H3,(H2,35,36,37)(H2,27,28,29,30,31);;;;/q;2*+1;2*-1/t14-;;;;/m0..../s1. The number of ether oxygens (including phenoxy) is 2. The van der Waals surface area contributed by atoms with Crippen LogP contribution >= 0.6 is 7.82 Å². The molecule has 15 nitrogen and oxygen atoms in total. The van der Waals surface area contributed by atoms with Crippen LogP contribution in [0.3, 0.4) is 0 Å². The summed E-state index contributed by atoms with van der Waals surface area (Å²) >= 11 is 0. The number of rotatable bonds is 8. The molecule has 3 aromatic heterocycles. The molecular formula is C24H30FN8Na2O7P. The number of nitrogens with zero attached hydrogens (tertiary/aromatic N) is 6. The van der Waals surface area contributed by atoms with E-state index in [1.807, 2.05) is 12.1 Å². The van der Waals surface area contributed by atoms with Crippen LogP contribution < -0.4 is 84.3 Å². The van der Waals surface area contributed by atoms with Crippen molar-refractivity contribution >= 4 is 48.6 Å². The molecule has 0 aliphatic carbocycles. The summed E-state index contributed by atoms with van der Waals surface area (Å²) in [5, 5.41) is 5.72. The number of morpholine rings is 1. The van der Waals surface area contributed by atoms with Crippen molar-refractivity contribution in [1.29, 1.82) is 0 Å². The fourth-order valence-corrected chi connectivity index (χ4v) is 4.50. The first-order valence-electron chi connectivity index (χ1n) is 12.5. The van der Waals surface area contributed by atoms with E-state index in [1.54, 1.807) is 6.20 Å². The Bertz CT molecular complexity index is 1510. The minimum atomic E-state index is -4.90. The van der Waals surface area contributed by atoms with Crippen molar-refractivity contribution in [2.45, 2.75) is 32.4 Å². The number of anilines is 6. The number of phosphoric ester groups is 1. The van der Waals surface area contributed by atoms with E-state index < -0.39 is 31.9 Å². The predicted octanol–water partition coefficient (Wildman–Crippen LogP) is -3.08. The van der Waals surface area contributed by atoms with E-state index in [4.69, 9.17) is 19.3 Å². The van der Waals surface area contributed by atoms with Gasteiger partial charge in [0, 0.05) is 6.54 Å². The minimum Gasteiger partial charge on any atom is -1.00 e. The number of phosphoric acid groups is 1. The van der Waals surface area contributed by atoms with Crippen LogP contribution in [0.4, 0.5) is 39.3 Å². The number of carbonyl (C=O) groups is 1. The van der Waals surface area contributed by atoms with Crippen LogP contribution in [0.25, 0.3) is 0 Å². The summed E-state index contributed by atoms with van der Waals surface area (Å²) in [6.45, 7) is 6.25. The molecule has 4 N–H and O–H groups in total. The first kappa shape index (κ1) is 35.5. The van der Waals surface area contributed by atoms with Crippen molar-refractivity contribution < 1.29 is 99.5 Å². The molecule has 2 aliphatic heterocycles. The Morgan fingerprint density at radius 1 is 1.16 bits per heavy atom. The van der Waals surface area contributed by atoms with Crippen molar-refractivity contribution in [2.75, 3.05) is 46.9 Å². The summed E-state index contributed by atoms with van der Waals surface area (Å²) in [5.74, 6) is -0.621. The third-order valence-electron chi connectivity index (χ3n) is 6.23. The molecule has 5 heterocycles. The zero-order chi connectivity index (χ0) is 29.4. The molecule has 1 amide bonds. The zero-order valence-corrected chi connectivity index (χ0v) is 29.2. The molecule has 1 atom stereocenters. The van der Waals surface area contributed by atoms with E-state index in [1.165, 1.54) is 26.0 Å². The fraction of sp³-hybridized carbons (Fsp3) is 0.375. The summed E-state index contributed by atoms with van der Waals surface area (Å²) in [6.07, 6.45) is 2.60. The number of halogens is 1. The smallest absolute Gasteiger partial charge is 1.00 e. The first-order valence-corrected chi connectivity index (χ1v) is 14.0. The Kier molecular flexibility index (Phi) is 11.9.